The van der Waals surface area contributed by atoms with Crippen LogP contribution in [0.3, 0.4) is 0 Å². The molecule has 3 amide bonds. The van der Waals surface area contributed by atoms with Crippen LogP contribution in [0.5, 0.6) is 0 Å². The van der Waals surface area contributed by atoms with Crippen molar-refractivity contribution in [2.75, 3.05) is 50.8 Å². The maximum absolute atomic E-state index is 13.8. The molecule has 3 aliphatic rings. The molecule has 3 heterocycles. The third-order valence-electron chi connectivity index (χ3n) is 8.59. The minimum absolute atomic E-state index is 0.0580. The van der Waals surface area contributed by atoms with Crippen LogP contribution in [0.1, 0.15) is 49.8 Å². The van der Waals surface area contributed by atoms with Gasteiger partial charge in [0.25, 0.3) is 0 Å². The molecule has 2 aromatic rings. The second kappa shape index (κ2) is 11.9. The van der Waals surface area contributed by atoms with Crippen molar-refractivity contribution in [1.29, 1.82) is 0 Å². The van der Waals surface area contributed by atoms with Crippen LogP contribution in [0.25, 0.3) is 0 Å². The molecule has 1 N–H and O–H groups in total. The molecule has 0 saturated carbocycles. The van der Waals surface area contributed by atoms with E-state index in [0.29, 0.717) is 32.0 Å². The van der Waals surface area contributed by atoms with E-state index in [9.17, 15) is 9.59 Å². The lowest BCUT2D eigenvalue weighted by molar-refractivity contribution is -0.129. The number of benzene rings is 2. The number of amides is 3. The van der Waals surface area contributed by atoms with E-state index in [1.807, 2.05) is 64.9 Å². The summed E-state index contributed by atoms with van der Waals surface area (Å²) in [5.74, 6) is 2.52. The van der Waals surface area contributed by atoms with E-state index >= 15 is 0 Å². The van der Waals surface area contributed by atoms with Gasteiger partial charge in [0.15, 0.2) is 0 Å². The molecule has 3 aliphatic heterocycles. The molecular weight excluding hydrogens is 480 g/mol. The van der Waals surface area contributed by atoms with E-state index < -0.39 is 5.41 Å². The molecule has 198 valence electrons. The number of urea groups is 1. The standard InChI is InChI=1S/C30H40N4O2S/c1-24(25-8-4-2-5-9-25)31-28(35)30(26-10-6-3-7-11-26)14-18-34(19-15-30)29(36)33-16-12-27(13-17-33)32-20-22-37-23-21-32/h2-11,24,27H,12-23H2,1H3,(H,31,35)/t24-/m0/s1. The van der Waals surface area contributed by atoms with Gasteiger partial charge in [-0.1, -0.05) is 60.7 Å². The summed E-state index contributed by atoms with van der Waals surface area (Å²) in [4.78, 5) is 33.9. The van der Waals surface area contributed by atoms with E-state index in [1.54, 1.807) is 0 Å². The van der Waals surface area contributed by atoms with Crippen LogP contribution in [-0.2, 0) is 10.2 Å². The predicted octanol–water partition coefficient (Wildman–Crippen LogP) is 4.53. The zero-order valence-corrected chi connectivity index (χ0v) is 22.8. The quantitative estimate of drug-likeness (QED) is 0.629. The molecule has 2 aromatic carbocycles. The van der Waals surface area contributed by atoms with Crippen molar-refractivity contribution in [2.45, 2.75) is 50.1 Å². The topological polar surface area (TPSA) is 55.9 Å². The Morgan fingerprint density at radius 2 is 1.41 bits per heavy atom. The van der Waals surface area contributed by atoms with Gasteiger partial charge in [-0.2, -0.15) is 11.8 Å². The van der Waals surface area contributed by atoms with Gasteiger partial charge in [0.2, 0.25) is 5.91 Å². The Morgan fingerprint density at radius 1 is 0.838 bits per heavy atom. The number of thioether (sulfide) groups is 1. The van der Waals surface area contributed by atoms with E-state index in [-0.39, 0.29) is 18.0 Å². The molecule has 3 saturated heterocycles. The smallest absolute Gasteiger partial charge is 0.320 e. The first-order chi connectivity index (χ1) is 18.1. The number of piperidine rings is 2. The minimum Gasteiger partial charge on any atom is -0.349 e. The van der Waals surface area contributed by atoms with Crippen LogP contribution < -0.4 is 5.32 Å². The van der Waals surface area contributed by atoms with Crippen molar-refractivity contribution < 1.29 is 9.59 Å². The zero-order chi connectivity index (χ0) is 25.7. The first-order valence-corrected chi connectivity index (χ1v) is 15.0. The van der Waals surface area contributed by atoms with Crippen molar-refractivity contribution >= 4 is 23.7 Å². The number of carbonyl (C=O) groups is 2. The highest BCUT2D eigenvalue weighted by atomic mass is 32.2. The molecular formula is C30H40N4O2S. The average Bonchev–Trinajstić information content (AvgIpc) is 2.98. The SMILES string of the molecule is C[C@H](NC(=O)C1(c2ccccc2)CCN(C(=O)N2CCC(N3CCSCC3)CC2)CC1)c1ccccc1. The summed E-state index contributed by atoms with van der Waals surface area (Å²) < 4.78 is 0. The molecule has 0 unspecified atom stereocenters. The maximum atomic E-state index is 13.8. The number of hydrogen-bond donors (Lipinski definition) is 1. The average molecular weight is 521 g/mol. The Hall–Kier alpha value is -2.51. The number of nitrogens with one attached hydrogen (secondary N) is 1. The third-order valence-corrected chi connectivity index (χ3v) is 9.54. The van der Waals surface area contributed by atoms with Crippen molar-refractivity contribution in [3.63, 3.8) is 0 Å². The number of carbonyl (C=O) groups excluding carboxylic acids is 2. The second-order valence-electron chi connectivity index (χ2n) is 10.7. The first-order valence-electron chi connectivity index (χ1n) is 13.8. The lowest BCUT2D eigenvalue weighted by Crippen LogP contribution is -2.56. The molecule has 0 spiro atoms. The highest BCUT2D eigenvalue weighted by Crippen LogP contribution is 2.37. The molecule has 3 fully saturated rings. The van der Waals surface area contributed by atoms with Crippen molar-refractivity contribution in [3.05, 3.63) is 71.8 Å². The van der Waals surface area contributed by atoms with E-state index in [1.165, 1.54) is 24.6 Å². The maximum Gasteiger partial charge on any atom is 0.320 e. The molecule has 6 nitrogen and oxygen atoms in total. The zero-order valence-electron chi connectivity index (χ0n) is 22.0. The predicted molar refractivity (Wildman–Crippen MR) is 151 cm³/mol. The van der Waals surface area contributed by atoms with Gasteiger partial charge in [0.05, 0.1) is 11.5 Å². The van der Waals surface area contributed by atoms with E-state index in [4.69, 9.17) is 0 Å². The summed E-state index contributed by atoms with van der Waals surface area (Å²) in [6, 6.07) is 20.9. The van der Waals surface area contributed by atoms with E-state index in [0.717, 1.165) is 37.1 Å². The van der Waals surface area contributed by atoms with Crippen LogP contribution in [0.15, 0.2) is 60.7 Å². The number of nitrogens with zero attached hydrogens (tertiary/aromatic N) is 3. The van der Waals surface area contributed by atoms with Crippen molar-refractivity contribution in [1.82, 2.24) is 20.0 Å². The van der Waals surface area contributed by atoms with Gasteiger partial charge in [-0.15, -0.1) is 0 Å². The van der Waals surface area contributed by atoms with Crippen molar-refractivity contribution in [2.24, 2.45) is 0 Å². The Labute approximate surface area is 225 Å². The van der Waals surface area contributed by atoms with Gasteiger partial charge in [0, 0.05) is 56.8 Å². The van der Waals surface area contributed by atoms with Crippen LogP contribution in [0.4, 0.5) is 4.79 Å². The lowest BCUT2D eigenvalue weighted by Gasteiger charge is -2.44. The lowest BCUT2D eigenvalue weighted by atomic mass is 9.71. The summed E-state index contributed by atoms with van der Waals surface area (Å²) >= 11 is 2.05. The first kappa shape index (κ1) is 26.1. The largest absolute Gasteiger partial charge is 0.349 e. The third kappa shape index (κ3) is 5.83. The van der Waals surface area contributed by atoms with Crippen molar-refractivity contribution in [3.8, 4) is 0 Å². The fourth-order valence-corrected chi connectivity index (χ4v) is 7.14. The van der Waals surface area contributed by atoms with Crippen LogP contribution >= 0.6 is 11.8 Å². The van der Waals surface area contributed by atoms with Crippen LogP contribution in [0, 0.1) is 0 Å². The molecule has 0 bridgehead atoms. The molecule has 0 aliphatic carbocycles. The van der Waals surface area contributed by atoms with E-state index in [2.05, 4.69) is 34.5 Å². The summed E-state index contributed by atoms with van der Waals surface area (Å²) in [5, 5.41) is 3.29. The van der Waals surface area contributed by atoms with Crippen LogP contribution in [0.2, 0.25) is 0 Å². The molecule has 37 heavy (non-hydrogen) atoms. The molecule has 0 aromatic heterocycles. The monoisotopic (exact) mass is 520 g/mol. The summed E-state index contributed by atoms with van der Waals surface area (Å²) in [7, 11) is 0. The Morgan fingerprint density at radius 3 is 2.03 bits per heavy atom. The van der Waals surface area contributed by atoms with Crippen LogP contribution in [-0.4, -0.2) is 83.5 Å². The normalized spacial score (nSPS) is 21.9. The molecule has 0 radical (unpaired) electrons. The summed E-state index contributed by atoms with van der Waals surface area (Å²) in [6.45, 7) is 7.28. The highest BCUT2D eigenvalue weighted by molar-refractivity contribution is 7.99. The second-order valence-corrected chi connectivity index (χ2v) is 11.9. The van der Waals surface area contributed by atoms with Gasteiger partial charge in [-0.25, -0.2) is 4.79 Å². The number of likely N-dealkylation sites (tertiary alicyclic amines) is 2. The minimum atomic E-state index is -0.625. The number of rotatable bonds is 5. The number of hydrogen-bond acceptors (Lipinski definition) is 4. The fraction of sp³-hybridized carbons (Fsp3) is 0.533. The van der Waals surface area contributed by atoms with Gasteiger partial charge in [0.1, 0.15) is 0 Å². The summed E-state index contributed by atoms with van der Waals surface area (Å²) in [5.41, 5.74) is 1.51. The molecule has 5 rings (SSSR count). The Kier molecular flexibility index (Phi) is 8.40. The van der Waals surface area contributed by atoms with Gasteiger partial charge >= 0.3 is 6.03 Å². The van der Waals surface area contributed by atoms with Gasteiger partial charge in [-0.05, 0) is 43.7 Å². The van der Waals surface area contributed by atoms with Gasteiger partial charge in [-0.3, -0.25) is 9.69 Å². The highest BCUT2D eigenvalue weighted by Gasteiger charge is 2.44. The van der Waals surface area contributed by atoms with Gasteiger partial charge < -0.3 is 15.1 Å². The summed E-state index contributed by atoms with van der Waals surface area (Å²) in [6.07, 6.45) is 3.41. The Balaban J connectivity index is 1.22. The molecule has 7 heteroatoms. The molecule has 1 atom stereocenters. The Bertz CT molecular complexity index is 1030. The fourth-order valence-electron chi connectivity index (χ4n) is 6.21.